The van der Waals surface area contributed by atoms with Crippen LogP contribution in [0.2, 0.25) is 0 Å². The van der Waals surface area contributed by atoms with Crippen LogP contribution in [0.25, 0.3) is 10.6 Å². The average Bonchev–Trinajstić information content (AvgIpc) is 2.88. The molecular formula is C14H17Br2N3S. The van der Waals surface area contributed by atoms with Gasteiger partial charge in [-0.2, -0.15) is 0 Å². The maximum absolute atomic E-state index is 4.35. The van der Waals surface area contributed by atoms with Gasteiger partial charge in [-0.05, 0) is 37.6 Å². The van der Waals surface area contributed by atoms with E-state index in [2.05, 4.69) is 73.4 Å². The number of hydrogen-bond acceptors (Lipinski definition) is 4. The average molecular weight is 419 g/mol. The molecule has 1 aromatic heterocycles. The highest BCUT2D eigenvalue weighted by Gasteiger charge is 2.15. The highest BCUT2D eigenvalue weighted by atomic mass is 79.9. The zero-order chi connectivity index (χ0) is 14.5. The van der Waals surface area contributed by atoms with Crippen LogP contribution in [0.3, 0.4) is 0 Å². The number of nitrogens with zero attached hydrogens (tertiary/aromatic N) is 2. The fraction of sp³-hybridized carbons (Fsp3) is 0.429. The Kier molecular flexibility index (Phi) is 6.14. The number of aromatic nitrogens is 2. The molecule has 20 heavy (non-hydrogen) atoms. The van der Waals surface area contributed by atoms with Gasteiger partial charge in [0.05, 0.1) is 6.04 Å². The molecule has 0 fully saturated rings. The standard InChI is InChI=1S/C14H17Br2N3S/c1-3-5-17-12(4-2)14-19-18-13(20-14)9-6-10(15)8-11(16)7-9/h6-8,12,17H,3-5H2,1-2H3. The minimum Gasteiger partial charge on any atom is -0.308 e. The summed E-state index contributed by atoms with van der Waals surface area (Å²) in [6.45, 7) is 5.35. The SMILES string of the molecule is CCCNC(CC)c1nnc(-c2cc(Br)cc(Br)c2)s1. The van der Waals surface area contributed by atoms with Crippen LogP contribution in [-0.4, -0.2) is 16.7 Å². The molecule has 108 valence electrons. The van der Waals surface area contributed by atoms with E-state index < -0.39 is 0 Å². The van der Waals surface area contributed by atoms with E-state index >= 15 is 0 Å². The van der Waals surface area contributed by atoms with Crippen molar-refractivity contribution in [3.63, 3.8) is 0 Å². The third-order valence-corrected chi connectivity index (χ3v) is 4.90. The lowest BCUT2D eigenvalue weighted by Gasteiger charge is -2.12. The first-order valence-electron chi connectivity index (χ1n) is 6.67. The summed E-state index contributed by atoms with van der Waals surface area (Å²) in [5, 5.41) is 14.2. The minimum absolute atomic E-state index is 0.303. The lowest BCUT2D eigenvalue weighted by molar-refractivity contribution is 0.513. The van der Waals surface area contributed by atoms with E-state index in [1.165, 1.54) is 0 Å². The molecule has 1 N–H and O–H groups in total. The fourth-order valence-electron chi connectivity index (χ4n) is 1.89. The summed E-state index contributed by atoms with van der Waals surface area (Å²) in [5.41, 5.74) is 1.08. The molecule has 6 heteroatoms. The van der Waals surface area contributed by atoms with Crippen molar-refractivity contribution in [1.82, 2.24) is 15.5 Å². The van der Waals surface area contributed by atoms with Crippen molar-refractivity contribution in [3.05, 3.63) is 32.2 Å². The molecule has 0 radical (unpaired) electrons. The molecular weight excluding hydrogens is 402 g/mol. The summed E-state index contributed by atoms with van der Waals surface area (Å²) in [6.07, 6.45) is 2.15. The molecule has 0 bridgehead atoms. The number of rotatable bonds is 6. The van der Waals surface area contributed by atoms with Gasteiger partial charge >= 0.3 is 0 Å². The summed E-state index contributed by atoms with van der Waals surface area (Å²) >= 11 is 8.68. The quantitative estimate of drug-likeness (QED) is 0.701. The molecule has 0 amide bonds. The van der Waals surface area contributed by atoms with Gasteiger partial charge in [-0.25, -0.2) is 0 Å². The maximum Gasteiger partial charge on any atom is 0.147 e. The van der Waals surface area contributed by atoms with E-state index in [-0.39, 0.29) is 0 Å². The molecule has 1 atom stereocenters. The van der Waals surface area contributed by atoms with Crippen LogP contribution in [0.5, 0.6) is 0 Å². The lowest BCUT2D eigenvalue weighted by atomic mass is 10.2. The van der Waals surface area contributed by atoms with Gasteiger partial charge < -0.3 is 5.32 Å². The summed E-state index contributed by atoms with van der Waals surface area (Å²) < 4.78 is 2.07. The molecule has 2 rings (SSSR count). The van der Waals surface area contributed by atoms with Gasteiger partial charge in [0.2, 0.25) is 0 Å². The number of nitrogens with one attached hydrogen (secondary N) is 1. The predicted molar refractivity (Wildman–Crippen MR) is 92.1 cm³/mol. The monoisotopic (exact) mass is 417 g/mol. The Morgan fingerprint density at radius 3 is 2.45 bits per heavy atom. The first-order valence-corrected chi connectivity index (χ1v) is 9.07. The second-order valence-electron chi connectivity index (χ2n) is 4.52. The van der Waals surface area contributed by atoms with Crippen LogP contribution >= 0.6 is 43.2 Å². The van der Waals surface area contributed by atoms with Gasteiger partial charge in [0.15, 0.2) is 0 Å². The Bertz CT molecular complexity index is 551. The Hall–Kier alpha value is -0.300. The van der Waals surface area contributed by atoms with Crippen molar-refractivity contribution in [2.45, 2.75) is 32.7 Å². The van der Waals surface area contributed by atoms with Crippen LogP contribution in [0.15, 0.2) is 27.1 Å². The Morgan fingerprint density at radius 2 is 1.85 bits per heavy atom. The Balaban J connectivity index is 2.23. The molecule has 3 nitrogen and oxygen atoms in total. The second kappa shape index (κ2) is 7.64. The van der Waals surface area contributed by atoms with Gasteiger partial charge in [0.1, 0.15) is 10.0 Å². The highest BCUT2D eigenvalue weighted by molar-refractivity contribution is 9.11. The van der Waals surface area contributed by atoms with Gasteiger partial charge in [-0.3, -0.25) is 0 Å². The normalized spacial score (nSPS) is 12.6. The zero-order valence-electron chi connectivity index (χ0n) is 11.5. The Labute approximate surface area is 140 Å². The van der Waals surface area contributed by atoms with Crippen LogP contribution in [-0.2, 0) is 0 Å². The van der Waals surface area contributed by atoms with E-state index in [1.54, 1.807) is 11.3 Å². The number of halogens is 2. The van der Waals surface area contributed by atoms with Crippen molar-refractivity contribution in [2.75, 3.05) is 6.54 Å². The maximum atomic E-state index is 4.35. The first kappa shape index (κ1) is 16.1. The summed E-state index contributed by atoms with van der Waals surface area (Å²) in [4.78, 5) is 0. The van der Waals surface area contributed by atoms with Crippen LogP contribution in [0, 0.1) is 0 Å². The Morgan fingerprint density at radius 1 is 1.15 bits per heavy atom. The predicted octanol–water partition coefficient (Wildman–Crippen LogP) is 5.18. The largest absolute Gasteiger partial charge is 0.308 e. The summed E-state index contributed by atoms with van der Waals surface area (Å²) in [6, 6.07) is 6.45. The van der Waals surface area contributed by atoms with Crippen LogP contribution < -0.4 is 5.32 Å². The molecule has 0 saturated heterocycles. The molecule has 0 aliphatic carbocycles. The van der Waals surface area contributed by atoms with Crippen molar-refractivity contribution in [2.24, 2.45) is 0 Å². The zero-order valence-corrected chi connectivity index (χ0v) is 15.5. The fourth-order valence-corrected chi connectivity index (χ4v) is 4.18. The van der Waals surface area contributed by atoms with Crippen molar-refractivity contribution >= 4 is 43.2 Å². The molecule has 1 aromatic carbocycles. The highest BCUT2D eigenvalue weighted by Crippen LogP contribution is 2.31. The smallest absolute Gasteiger partial charge is 0.147 e. The van der Waals surface area contributed by atoms with E-state index in [9.17, 15) is 0 Å². The molecule has 0 aliphatic rings. The minimum atomic E-state index is 0.303. The van der Waals surface area contributed by atoms with E-state index in [0.29, 0.717) is 6.04 Å². The number of benzene rings is 1. The summed E-state index contributed by atoms with van der Waals surface area (Å²) in [7, 11) is 0. The van der Waals surface area contributed by atoms with E-state index in [0.717, 1.165) is 43.9 Å². The summed E-state index contributed by atoms with van der Waals surface area (Å²) in [5.74, 6) is 0. The third kappa shape index (κ3) is 4.10. The van der Waals surface area contributed by atoms with Gasteiger partial charge in [0.25, 0.3) is 0 Å². The second-order valence-corrected chi connectivity index (χ2v) is 7.36. The molecule has 0 spiro atoms. The van der Waals surface area contributed by atoms with Crippen molar-refractivity contribution in [1.29, 1.82) is 0 Å². The molecule has 2 aromatic rings. The number of hydrogen-bond donors (Lipinski definition) is 1. The third-order valence-electron chi connectivity index (χ3n) is 2.90. The lowest BCUT2D eigenvalue weighted by Crippen LogP contribution is -2.21. The molecule has 1 heterocycles. The van der Waals surface area contributed by atoms with E-state index in [1.807, 2.05) is 6.07 Å². The van der Waals surface area contributed by atoms with Gasteiger partial charge in [-0.1, -0.05) is 57.0 Å². The first-order chi connectivity index (χ1) is 9.63. The van der Waals surface area contributed by atoms with Gasteiger partial charge in [-0.15, -0.1) is 10.2 Å². The molecule has 0 aliphatic heterocycles. The van der Waals surface area contributed by atoms with Crippen molar-refractivity contribution in [3.8, 4) is 10.6 Å². The van der Waals surface area contributed by atoms with Gasteiger partial charge in [0, 0.05) is 14.5 Å². The van der Waals surface area contributed by atoms with E-state index in [4.69, 9.17) is 0 Å². The topological polar surface area (TPSA) is 37.8 Å². The molecule has 1 unspecified atom stereocenters. The van der Waals surface area contributed by atoms with Crippen LogP contribution in [0.1, 0.15) is 37.7 Å². The van der Waals surface area contributed by atoms with Crippen molar-refractivity contribution < 1.29 is 0 Å². The van der Waals surface area contributed by atoms with Crippen LogP contribution in [0.4, 0.5) is 0 Å². The molecule has 0 saturated carbocycles.